The van der Waals surface area contributed by atoms with Crippen molar-refractivity contribution in [2.75, 3.05) is 20.2 Å². The van der Waals surface area contributed by atoms with E-state index in [1.54, 1.807) is 17.0 Å². The van der Waals surface area contributed by atoms with Gasteiger partial charge in [-0.05, 0) is 51.3 Å². The van der Waals surface area contributed by atoms with E-state index in [0.717, 1.165) is 18.4 Å². The first-order valence-corrected chi connectivity index (χ1v) is 10.3. The van der Waals surface area contributed by atoms with Gasteiger partial charge >= 0.3 is 12.1 Å². The highest BCUT2D eigenvalue weighted by Crippen LogP contribution is 2.47. The molecule has 144 valence electrons. The maximum atomic E-state index is 12.2. The number of carbonyl (C=O) groups is 2. The number of nitrogens with zero attached hydrogens (tertiary/aromatic N) is 1. The van der Waals surface area contributed by atoms with Crippen molar-refractivity contribution in [3.63, 3.8) is 0 Å². The van der Waals surface area contributed by atoms with Crippen LogP contribution in [0.4, 0.5) is 4.79 Å². The van der Waals surface area contributed by atoms with Crippen LogP contribution in [0.25, 0.3) is 0 Å². The average Bonchev–Trinajstić information content (AvgIpc) is 2.59. The van der Waals surface area contributed by atoms with Gasteiger partial charge in [0.05, 0.1) is 17.5 Å². The first kappa shape index (κ1) is 21.2. The number of esters is 1. The van der Waals surface area contributed by atoms with Gasteiger partial charge in [-0.1, -0.05) is 44.0 Å². The number of rotatable bonds is 3. The largest absolute Gasteiger partial charge is 0.465 e. The Morgan fingerprint density at radius 3 is 2.15 bits per heavy atom. The maximum Gasteiger partial charge on any atom is 0.410 e. The number of carbonyl (C=O) groups excluding carboxylic acids is 2. The SMILES string of the molecule is COC(=O)c1ccc([C@H](Br)C2(Br)CCN(C(=O)OC(C)(C)C)CC2)cc1. The number of piperidine rings is 1. The number of amides is 1. The molecular weight excluding hydrogens is 466 g/mol. The van der Waals surface area contributed by atoms with Crippen molar-refractivity contribution in [1.82, 2.24) is 4.90 Å². The number of hydrogen-bond donors (Lipinski definition) is 0. The molecule has 1 saturated heterocycles. The summed E-state index contributed by atoms with van der Waals surface area (Å²) in [6, 6.07) is 7.38. The third-order valence-corrected chi connectivity index (χ3v) is 7.60. The van der Waals surface area contributed by atoms with Crippen LogP contribution in [0.5, 0.6) is 0 Å². The molecule has 1 fully saturated rings. The zero-order valence-corrected chi connectivity index (χ0v) is 18.7. The lowest BCUT2D eigenvalue weighted by Gasteiger charge is -2.41. The number of methoxy groups -OCH3 is 1. The van der Waals surface area contributed by atoms with Crippen molar-refractivity contribution in [1.29, 1.82) is 0 Å². The van der Waals surface area contributed by atoms with Crippen molar-refractivity contribution < 1.29 is 19.1 Å². The normalized spacial score (nSPS) is 18.2. The molecule has 5 nitrogen and oxygen atoms in total. The van der Waals surface area contributed by atoms with Crippen molar-refractivity contribution in [2.24, 2.45) is 0 Å². The number of alkyl halides is 2. The van der Waals surface area contributed by atoms with Crippen LogP contribution in [-0.4, -0.2) is 47.1 Å². The third kappa shape index (κ3) is 5.22. The molecule has 1 amide bonds. The minimum absolute atomic E-state index is 0.0579. The molecular formula is C19H25Br2NO4. The van der Waals surface area contributed by atoms with Crippen LogP contribution in [0.3, 0.4) is 0 Å². The summed E-state index contributed by atoms with van der Waals surface area (Å²) in [4.78, 5) is 25.6. The molecule has 2 rings (SSSR count). The molecule has 0 aliphatic carbocycles. The highest BCUT2D eigenvalue weighted by Gasteiger charge is 2.40. The van der Waals surface area contributed by atoms with Crippen LogP contribution < -0.4 is 0 Å². The zero-order valence-electron chi connectivity index (χ0n) is 15.6. The fourth-order valence-electron chi connectivity index (χ4n) is 2.85. The van der Waals surface area contributed by atoms with Gasteiger partial charge in [0, 0.05) is 17.4 Å². The summed E-state index contributed by atoms with van der Waals surface area (Å²) >= 11 is 7.67. The first-order chi connectivity index (χ1) is 12.1. The molecule has 1 atom stereocenters. The summed E-state index contributed by atoms with van der Waals surface area (Å²) in [7, 11) is 1.37. The number of hydrogen-bond acceptors (Lipinski definition) is 4. The summed E-state index contributed by atoms with van der Waals surface area (Å²) in [5, 5.41) is 0. The Bertz CT molecular complexity index is 646. The molecule has 26 heavy (non-hydrogen) atoms. The van der Waals surface area contributed by atoms with Crippen LogP contribution in [0.1, 0.15) is 54.4 Å². The van der Waals surface area contributed by atoms with Crippen LogP contribution in [0, 0.1) is 0 Å². The van der Waals surface area contributed by atoms with E-state index in [-0.39, 0.29) is 21.2 Å². The summed E-state index contributed by atoms with van der Waals surface area (Å²) in [5.41, 5.74) is 1.11. The van der Waals surface area contributed by atoms with Crippen molar-refractivity contribution in [3.8, 4) is 0 Å². The predicted octanol–water partition coefficient (Wildman–Crippen LogP) is 5.07. The molecule has 7 heteroatoms. The van der Waals surface area contributed by atoms with E-state index in [9.17, 15) is 9.59 Å². The summed E-state index contributed by atoms with van der Waals surface area (Å²) < 4.78 is 10.0. The average molecular weight is 491 g/mol. The van der Waals surface area contributed by atoms with E-state index < -0.39 is 5.60 Å². The summed E-state index contributed by atoms with van der Waals surface area (Å²) in [5.74, 6) is -0.345. The van der Waals surface area contributed by atoms with Gasteiger partial charge in [0.2, 0.25) is 0 Å². The number of benzene rings is 1. The molecule has 0 aromatic heterocycles. The minimum Gasteiger partial charge on any atom is -0.465 e. The first-order valence-electron chi connectivity index (χ1n) is 8.55. The lowest BCUT2D eigenvalue weighted by Crippen LogP contribution is -2.47. The Kier molecular flexibility index (Phi) is 6.77. The number of halogens is 2. The van der Waals surface area contributed by atoms with Gasteiger partial charge in [-0.25, -0.2) is 9.59 Å². The number of likely N-dealkylation sites (tertiary alicyclic amines) is 1. The standard InChI is InChI=1S/C19H25Br2NO4/c1-18(2,3)26-17(24)22-11-9-19(21,10-12-22)15(20)13-5-7-14(8-6-13)16(23)25-4/h5-8,15H,9-12H2,1-4H3/t15-/m0/s1. The highest BCUT2D eigenvalue weighted by atomic mass is 79.9. The molecule has 1 aliphatic rings. The molecule has 1 heterocycles. The fraction of sp³-hybridized carbons (Fsp3) is 0.579. The summed E-state index contributed by atoms with van der Waals surface area (Å²) in [6.45, 7) is 6.87. The van der Waals surface area contributed by atoms with Crippen LogP contribution in [0.15, 0.2) is 24.3 Å². The van der Waals surface area contributed by atoms with Gasteiger partial charge in [0.15, 0.2) is 0 Å². The van der Waals surface area contributed by atoms with Gasteiger partial charge in [-0.2, -0.15) is 0 Å². The Morgan fingerprint density at radius 1 is 1.15 bits per heavy atom. The second-order valence-corrected chi connectivity index (χ2v) is 9.97. The van der Waals surface area contributed by atoms with Crippen molar-refractivity contribution in [3.05, 3.63) is 35.4 Å². The smallest absolute Gasteiger partial charge is 0.410 e. The van der Waals surface area contributed by atoms with E-state index in [0.29, 0.717) is 18.7 Å². The Morgan fingerprint density at radius 2 is 1.69 bits per heavy atom. The van der Waals surface area contributed by atoms with Gasteiger partial charge in [-0.15, -0.1) is 0 Å². The van der Waals surface area contributed by atoms with Gasteiger partial charge < -0.3 is 14.4 Å². The lowest BCUT2D eigenvalue weighted by molar-refractivity contribution is 0.0198. The fourth-order valence-corrected chi connectivity index (χ4v) is 4.23. The molecule has 1 aromatic rings. The van der Waals surface area contributed by atoms with E-state index >= 15 is 0 Å². The summed E-state index contributed by atoms with van der Waals surface area (Å²) in [6.07, 6.45) is 1.32. The maximum absolute atomic E-state index is 12.2. The quantitative estimate of drug-likeness (QED) is 0.438. The lowest BCUT2D eigenvalue weighted by atomic mass is 9.89. The van der Waals surface area contributed by atoms with Crippen molar-refractivity contribution >= 4 is 43.9 Å². The molecule has 0 radical (unpaired) electrons. The third-order valence-electron chi connectivity index (χ3n) is 4.33. The molecule has 0 spiro atoms. The Hall–Kier alpha value is -1.08. The monoisotopic (exact) mass is 489 g/mol. The van der Waals surface area contributed by atoms with Crippen LogP contribution in [0.2, 0.25) is 0 Å². The van der Waals surface area contributed by atoms with E-state index in [1.165, 1.54) is 7.11 Å². The molecule has 0 N–H and O–H groups in total. The van der Waals surface area contributed by atoms with Gasteiger partial charge in [0.25, 0.3) is 0 Å². The highest BCUT2D eigenvalue weighted by molar-refractivity contribution is 9.12. The van der Waals surface area contributed by atoms with Crippen LogP contribution >= 0.6 is 31.9 Å². The molecule has 0 unspecified atom stereocenters. The Balaban J connectivity index is 2.01. The van der Waals surface area contributed by atoms with Gasteiger partial charge in [-0.3, -0.25) is 0 Å². The van der Waals surface area contributed by atoms with E-state index in [1.807, 2.05) is 32.9 Å². The molecule has 0 bridgehead atoms. The Labute approximate surface area is 171 Å². The molecule has 1 aliphatic heterocycles. The number of ether oxygens (including phenoxy) is 2. The van der Waals surface area contributed by atoms with Crippen molar-refractivity contribution in [2.45, 2.75) is 48.4 Å². The van der Waals surface area contributed by atoms with E-state index in [2.05, 4.69) is 31.9 Å². The molecule has 1 aromatic carbocycles. The predicted molar refractivity (Wildman–Crippen MR) is 108 cm³/mol. The van der Waals surface area contributed by atoms with E-state index in [4.69, 9.17) is 9.47 Å². The second-order valence-electron chi connectivity index (χ2n) is 7.48. The zero-order chi connectivity index (χ0) is 19.5. The minimum atomic E-state index is -0.487. The topological polar surface area (TPSA) is 55.8 Å². The molecule has 0 saturated carbocycles. The van der Waals surface area contributed by atoms with Crippen LogP contribution in [-0.2, 0) is 9.47 Å². The van der Waals surface area contributed by atoms with Gasteiger partial charge in [0.1, 0.15) is 5.60 Å². The second kappa shape index (κ2) is 8.30.